The highest BCUT2D eigenvalue weighted by atomic mass is 35.5. The molecule has 0 radical (unpaired) electrons. The van der Waals surface area contributed by atoms with Gasteiger partial charge in [-0.2, -0.15) is 5.10 Å². The summed E-state index contributed by atoms with van der Waals surface area (Å²) in [6.07, 6.45) is 3.47. The van der Waals surface area contributed by atoms with E-state index in [0.29, 0.717) is 17.7 Å². The third-order valence-corrected chi connectivity index (χ3v) is 4.65. The summed E-state index contributed by atoms with van der Waals surface area (Å²) in [6, 6.07) is 1.92. The standard InChI is InChI=1S/C13H20N4O.ClH/c1-7-5-10(16-17(7)2)15-13(18)11-8-3-4-9(6-8)12(11)14;/h5,8-9,11-12H,3-4,6,14H2,1-2H3,(H,15,16,18);1H. The number of nitrogens with two attached hydrogens (primary N) is 1. The molecule has 1 aromatic heterocycles. The van der Waals surface area contributed by atoms with Gasteiger partial charge in [0.15, 0.2) is 5.82 Å². The summed E-state index contributed by atoms with van der Waals surface area (Å²) in [7, 11) is 1.87. The summed E-state index contributed by atoms with van der Waals surface area (Å²) in [4.78, 5) is 12.3. The minimum Gasteiger partial charge on any atom is -0.327 e. The zero-order valence-corrected chi connectivity index (χ0v) is 12.1. The first-order chi connectivity index (χ1) is 8.56. The molecule has 2 aliphatic carbocycles. The fraction of sp³-hybridized carbons (Fsp3) is 0.692. The third-order valence-electron chi connectivity index (χ3n) is 4.65. The van der Waals surface area contributed by atoms with Crippen molar-refractivity contribution in [3.63, 3.8) is 0 Å². The van der Waals surface area contributed by atoms with Crippen LogP contribution in [0.2, 0.25) is 0 Å². The van der Waals surface area contributed by atoms with Gasteiger partial charge in [0.1, 0.15) is 0 Å². The fourth-order valence-electron chi connectivity index (χ4n) is 3.56. The maximum atomic E-state index is 12.3. The molecule has 106 valence electrons. The van der Waals surface area contributed by atoms with Crippen LogP contribution < -0.4 is 11.1 Å². The van der Waals surface area contributed by atoms with Crippen LogP contribution in [0.15, 0.2) is 6.07 Å². The first-order valence-corrected chi connectivity index (χ1v) is 6.63. The van der Waals surface area contributed by atoms with Crippen LogP contribution in [-0.2, 0) is 11.8 Å². The van der Waals surface area contributed by atoms with Crippen LogP contribution in [0.3, 0.4) is 0 Å². The number of carbonyl (C=O) groups is 1. The van der Waals surface area contributed by atoms with Crippen LogP contribution in [0.1, 0.15) is 25.0 Å². The van der Waals surface area contributed by atoms with E-state index in [2.05, 4.69) is 10.4 Å². The van der Waals surface area contributed by atoms with E-state index in [0.717, 1.165) is 18.5 Å². The maximum Gasteiger partial charge on any atom is 0.230 e. The van der Waals surface area contributed by atoms with Crippen molar-refractivity contribution < 1.29 is 4.79 Å². The monoisotopic (exact) mass is 284 g/mol. The van der Waals surface area contributed by atoms with Gasteiger partial charge in [-0.05, 0) is 38.0 Å². The highest BCUT2D eigenvalue weighted by Gasteiger charge is 2.49. The maximum absolute atomic E-state index is 12.3. The number of carbonyl (C=O) groups excluding carboxylic acids is 1. The van der Waals surface area contributed by atoms with Gasteiger partial charge in [-0.25, -0.2) is 0 Å². The van der Waals surface area contributed by atoms with Crippen molar-refractivity contribution in [3.05, 3.63) is 11.8 Å². The molecule has 4 unspecified atom stereocenters. The number of aryl methyl sites for hydroxylation is 2. The summed E-state index contributed by atoms with van der Waals surface area (Å²) >= 11 is 0. The lowest BCUT2D eigenvalue weighted by molar-refractivity contribution is -0.121. The second kappa shape index (κ2) is 5.13. The van der Waals surface area contributed by atoms with Crippen molar-refractivity contribution in [3.8, 4) is 0 Å². The summed E-state index contributed by atoms with van der Waals surface area (Å²) in [5.41, 5.74) is 7.20. The molecule has 2 aliphatic rings. The van der Waals surface area contributed by atoms with Crippen molar-refractivity contribution in [2.45, 2.75) is 32.2 Å². The average Bonchev–Trinajstić information content (AvgIpc) is 2.95. The molecule has 5 nitrogen and oxygen atoms in total. The van der Waals surface area contributed by atoms with Gasteiger partial charge in [0, 0.05) is 24.8 Å². The van der Waals surface area contributed by atoms with E-state index in [-0.39, 0.29) is 30.3 Å². The van der Waals surface area contributed by atoms with E-state index >= 15 is 0 Å². The third kappa shape index (κ3) is 2.37. The van der Waals surface area contributed by atoms with E-state index in [1.807, 2.05) is 20.0 Å². The topological polar surface area (TPSA) is 72.9 Å². The molecule has 2 fully saturated rings. The van der Waals surface area contributed by atoms with E-state index < -0.39 is 0 Å². The van der Waals surface area contributed by atoms with Crippen LogP contribution in [0, 0.1) is 24.7 Å². The smallest absolute Gasteiger partial charge is 0.230 e. The Bertz CT molecular complexity index is 465. The number of halogens is 1. The zero-order chi connectivity index (χ0) is 12.9. The van der Waals surface area contributed by atoms with Gasteiger partial charge in [0.2, 0.25) is 5.91 Å². The van der Waals surface area contributed by atoms with Crippen LogP contribution in [-0.4, -0.2) is 21.7 Å². The number of nitrogens with one attached hydrogen (secondary N) is 1. The Labute approximate surface area is 119 Å². The van der Waals surface area contributed by atoms with E-state index in [1.54, 1.807) is 4.68 Å². The molecule has 3 rings (SSSR count). The quantitative estimate of drug-likeness (QED) is 0.864. The molecule has 4 atom stereocenters. The number of rotatable bonds is 2. The van der Waals surface area contributed by atoms with Gasteiger partial charge in [0.25, 0.3) is 0 Å². The van der Waals surface area contributed by atoms with Gasteiger partial charge in [-0.3, -0.25) is 9.48 Å². The second-order valence-corrected chi connectivity index (χ2v) is 5.72. The van der Waals surface area contributed by atoms with Crippen LogP contribution in [0.5, 0.6) is 0 Å². The Kier molecular flexibility index (Phi) is 3.87. The molecule has 19 heavy (non-hydrogen) atoms. The van der Waals surface area contributed by atoms with Crippen molar-refractivity contribution >= 4 is 24.1 Å². The van der Waals surface area contributed by atoms with Gasteiger partial charge < -0.3 is 11.1 Å². The Morgan fingerprint density at radius 3 is 2.68 bits per heavy atom. The Hall–Kier alpha value is -1.07. The first kappa shape index (κ1) is 14.3. The summed E-state index contributed by atoms with van der Waals surface area (Å²) in [5, 5.41) is 7.16. The molecule has 6 heteroatoms. The number of fused-ring (bicyclic) bond motifs is 2. The number of hydrogen-bond acceptors (Lipinski definition) is 3. The Morgan fingerprint density at radius 2 is 2.16 bits per heavy atom. The average molecular weight is 285 g/mol. The number of hydrogen-bond donors (Lipinski definition) is 2. The molecule has 0 aliphatic heterocycles. The number of nitrogens with zero attached hydrogens (tertiary/aromatic N) is 2. The molecule has 1 aromatic rings. The van der Waals surface area contributed by atoms with Crippen molar-refractivity contribution in [2.75, 3.05) is 5.32 Å². The van der Waals surface area contributed by atoms with Gasteiger partial charge in [0.05, 0.1) is 5.92 Å². The molecule has 0 spiro atoms. The Balaban J connectivity index is 0.00000133. The Morgan fingerprint density at radius 1 is 1.47 bits per heavy atom. The van der Waals surface area contributed by atoms with Gasteiger partial charge in [-0.15, -0.1) is 12.4 Å². The highest BCUT2D eigenvalue weighted by molar-refractivity contribution is 5.92. The summed E-state index contributed by atoms with van der Waals surface area (Å²) in [5.74, 6) is 1.69. The normalized spacial score (nSPS) is 32.2. The highest BCUT2D eigenvalue weighted by Crippen LogP contribution is 2.47. The molecule has 3 N–H and O–H groups in total. The largest absolute Gasteiger partial charge is 0.327 e. The van der Waals surface area contributed by atoms with Crippen LogP contribution in [0.25, 0.3) is 0 Å². The van der Waals surface area contributed by atoms with Crippen LogP contribution in [0.4, 0.5) is 5.82 Å². The van der Waals surface area contributed by atoms with E-state index in [9.17, 15) is 4.79 Å². The first-order valence-electron chi connectivity index (χ1n) is 6.63. The predicted octanol–water partition coefficient (Wildman–Crippen LogP) is 1.46. The second-order valence-electron chi connectivity index (χ2n) is 5.72. The van der Waals surface area contributed by atoms with Crippen molar-refractivity contribution in [1.29, 1.82) is 0 Å². The molecule has 1 amide bonds. The summed E-state index contributed by atoms with van der Waals surface area (Å²) < 4.78 is 1.76. The number of anilines is 1. The lowest BCUT2D eigenvalue weighted by atomic mass is 9.84. The van der Waals surface area contributed by atoms with Crippen molar-refractivity contribution in [1.82, 2.24) is 9.78 Å². The van der Waals surface area contributed by atoms with E-state index in [1.165, 1.54) is 6.42 Å². The SMILES string of the molecule is Cc1cc(NC(=O)C2C3CCC(C3)C2N)nn1C.Cl. The minimum absolute atomic E-state index is 0. The molecule has 0 aromatic carbocycles. The molecular weight excluding hydrogens is 264 g/mol. The number of amides is 1. The predicted molar refractivity (Wildman–Crippen MR) is 76.1 cm³/mol. The summed E-state index contributed by atoms with van der Waals surface area (Å²) in [6.45, 7) is 1.96. The van der Waals surface area contributed by atoms with Gasteiger partial charge in [-0.1, -0.05) is 0 Å². The fourth-order valence-corrected chi connectivity index (χ4v) is 3.56. The molecule has 0 saturated heterocycles. The van der Waals surface area contributed by atoms with Gasteiger partial charge >= 0.3 is 0 Å². The molecule has 2 bridgehead atoms. The minimum atomic E-state index is -0.0222. The van der Waals surface area contributed by atoms with Crippen molar-refractivity contribution in [2.24, 2.45) is 30.5 Å². The lowest BCUT2D eigenvalue weighted by Crippen LogP contribution is -2.42. The zero-order valence-electron chi connectivity index (χ0n) is 11.3. The molecule has 2 saturated carbocycles. The molecule has 1 heterocycles. The lowest BCUT2D eigenvalue weighted by Gasteiger charge is -2.26. The van der Waals surface area contributed by atoms with Crippen LogP contribution >= 0.6 is 12.4 Å². The number of aromatic nitrogens is 2. The van der Waals surface area contributed by atoms with E-state index in [4.69, 9.17) is 5.73 Å². The molecular formula is C13H21ClN4O.